The van der Waals surface area contributed by atoms with Crippen LogP contribution >= 0.6 is 0 Å². The normalized spacial score (nSPS) is 20.4. The van der Waals surface area contributed by atoms with Crippen LogP contribution in [0.4, 0.5) is 5.82 Å². The van der Waals surface area contributed by atoms with Crippen LogP contribution < -0.4 is 10.6 Å². The number of rotatable bonds is 2. The summed E-state index contributed by atoms with van der Waals surface area (Å²) in [6.07, 6.45) is 5.97. The summed E-state index contributed by atoms with van der Waals surface area (Å²) in [6.45, 7) is 6.23. The van der Waals surface area contributed by atoms with Gasteiger partial charge in [0.05, 0.1) is 5.69 Å². The molecule has 0 aromatic carbocycles. The van der Waals surface area contributed by atoms with Gasteiger partial charge in [-0.2, -0.15) is 5.10 Å². The van der Waals surface area contributed by atoms with Crippen molar-refractivity contribution < 1.29 is 0 Å². The van der Waals surface area contributed by atoms with Crippen LogP contribution in [0.3, 0.4) is 0 Å². The third-order valence-electron chi connectivity index (χ3n) is 3.74. The first-order valence-corrected chi connectivity index (χ1v) is 7.00. The van der Waals surface area contributed by atoms with E-state index in [1.54, 1.807) is 0 Å². The Hall–Kier alpha value is -1.62. The predicted molar refractivity (Wildman–Crippen MR) is 76.5 cm³/mol. The average molecular weight is 259 g/mol. The number of hydrogen-bond donors (Lipinski definition) is 1. The highest BCUT2D eigenvalue weighted by Gasteiger charge is 2.20. The maximum atomic E-state index is 6.07. The minimum Gasteiger partial charge on any atom is -0.353 e. The molecule has 0 saturated carbocycles. The molecule has 1 aliphatic rings. The van der Waals surface area contributed by atoms with Crippen LogP contribution in [0.5, 0.6) is 0 Å². The first-order chi connectivity index (χ1) is 9.15. The zero-order valence-corrected chi connectivity index (χ0v) is 11.6. The first-order valence-electron chi connectivity index (χ1n) is 7.00. The molecule has 3 rings (SSSR count). The smallest absolute Gasteiger partial charge is 0.154 e. The zero-order valence-electron chi connectivity index (χ0n) is 11.6. The standard InChI is InChI=1S/C14H21N5/c1-10(2)12-8-13-14(16-5-7-19(13)17-12)18-6-3-4-11(15)9-18/h5,7-8,10-11H,3-4,6,9,15H2,1-2H3/t11-/m1/s1. The number of piperidine rings is 1. The molecule has 102 valence electrons. The summed E-state index contributed by atoms with van der Waals surface area (Å²) < 4.78 is 1.93. The molecule has 1 aliphatic heterocycles. The lowest BCUT2D eigenvalue weighted by atomic mass is 10.1. The third-order valence-corrected chi connectivity index (χ3v) is 3.74. The molecule has 0 bridgehead atoms. The molecule has 2 aromatic rings. The van der Waals surface area contributed by atoms with Gasteiger partial charge in [-0.25, -0.2) is 9.50 Å². The fourth-order valence-electron chi connectivity index (χ4n) is 2.66. The Kier molecular flexibility index (Phi) is 3.14. The van der Waals surface area contributed by atoms with Gasteiger partial charge < -0.3 is 10.6 Å². The van der Waals surface area contributed by atoms with E-state index in [4.69, 9.17) is 5.73 Å². The van der Waals surface area contributed by atoms with Crippen molar-refractivity contribution in [3.05, 3.63) is 24.2 Å². The minimum absolute atomic E-state index is 0.253. The molecule has 2 aromatic heterocycles. The molecular formula is C14H21N5. The molecular weight excluding hydrogens is 238 g/mol. The quantitative estimate of drug-likeness (QED) is 0.893. The van der Waals surface area contributed by atoms with Crippen LogP contribution in [0.1, 0.15) is 38.3 Å². The predicted octanol–water partition coefficient (Wildman–Crippen LogP) is 1.78. The Bertz CT molecular complexity index is 574. The van der Waals surface area contributed by atoms with Gasteiger partial charge >= 0.3 is 0 Å². The number of hydrogen-bond acceptors (Lipinski definition) is 4. The Morgan fingerprint density at radius 3 is 3.00 bits per heavy atom. The fourth-order valence-corrected chi connectivity index (χ4v) is 2.66. The summed E-state index contributed by atoms with van der Waals surface area (Å²) >= 11 is 0. The Balaban J connectivity index is 2.02. The van der Waals surface area contributed by atoms with E-state index < -0.39 is 0 Å². The summed E-state index contributed by atoms with van der Waals surface area (Å²) in [5, 5.41) is 4.61. The van der Waals surface area contributed by atoms with Gasteiger partial charge in [0.2, 0.25) is 0 Å². The maximum Gasteiger partial charge on any atom is 0.154 e. The van der Waals surface area contributed by atoms with Gasteiger partial charge in [0, 0.05) is 31.5 Å². The second-order valence-electron chi connectivity index (χ2n) is 5.65. The molecule has 0 radical (unpaired) electrons. The Labute approximate surface area is 113 Å². The molecule has 0 amide bonds. The van der Waals surface area contributed by atoms with E-state index >= 15 is 0 Å². The molecule has 0 spiro atoms. The highest BCUT2D eigenvalue weighted by molar-refractivity contribution is 5.69. The van der Waals surface area contributed by atoms with Crippen molar-refractivity contribution in [3.8, 4) is 0 Å². The summed E-state index contributed by atoms with van der Waals surface area (Å²) in [6, 6.07) is 2.40. The lowest BCUT2D eigenvalue weighted by molar-refractivity contribution is 0.503. The van der Waals surface area contributed by atoms with Crippen LogP contribution in [0.25, 0.3) is 5.52 Å². The van der Waals surface area contributed by atoms with Crippen molar-refractivity contribution >= 4 is 11.3 Å². The SMILES string of the molecule is CC(C)c1cc2c(N3CCC[C@@H](N)C3)nccn2n1. The monoisotopic (exact) mass is 259 g/mol. The van der Waals surface area contributed by atoms with E-state index in [9.17, 15) is 0 Å². The molecule has 0 unspecified atom stereocenters. The second kappa shape index (κ2) is 4.81. The molecule has 1 atom stereocenters. The molecule has 19 heavy (non-hydrogen) atoms. The van der Waals surface area contributed by atoms with Gasteiger partial charge in [-0.15, -0.1) is 0 Å². The van der Waals surface area contributed by atoms with Crippen molar-refractivity contribution in [2.24, 2.45) is 5.73 Å². The number of nitrogens with two attached hydrogens (primary N) is 1. The lowest BCUT2D eigenvalue weighted by Crippen LogP contribution is -2.43. The van der Waals surface area contributed by atoms with Crippen molar-refractivity contribution in [2.75, 3.05) is 18.0 Å². The van der Waals surface area contributed by atoms with Crippen LogP contribution in [-0.2, 0) is 0 Å². The van der Waals surface area contributed by atoms with Gasteiger partial charge in [-0.1, -0.05) is 13.8 Å². The van der Waals surface area contributed by atoms with Crippen LogP contribution in [0.15, 0.2) is 18.5 Å². The number of fused-ring (bicyclic) bond motifs is 1. The van der Waals surface area contributed by atoms with Crippen molar-refractivity contribution in [2.45, 2.75) is 38.6 Å². The molecule has 5 heteroatoms. The Morgan fingerprint density at radius 2 is 2.26 bits per heavy atom. The highest BCUT2D eigenvalue weighted by Crippen LogP contribution is 2.24. The van der Waals surface area contributed by atoms with Gasteiger partial charge in [0.25, 0.3) is 0 Å². The Morgan fingerprint density at radius 1 is 1.42 bits per heavy atom. The molecule has 0 aliphatic carbocycles. The van der Waals surface area contributed by atoms with Crippen molar-refractivity contribution in [1.29, 1.82) is 0 Å². The van der Waals surface area contributed by atoms with E-state index in [-0.39, 0.29) is 6.04 Å². The molecule has 5 nitrogen and oxygen atoms in total. The summed E-state index contributed by atoms with van der Waals surface area (Å²) in [7, 11) is 0. The molecule has 2 N–H and O–H groups in total. The van der Waals surface area contributed by atoms with E-state index in [0.29, 0.717) is 5.92 Å². The van der Waals surface area contributed by atoms with Gasteiger partial charge in [0.1, 0.15) is 5.52 Å². The van der Waals surface area contributed by atoms with Crippen LogP contribution in [0, 0.1) is 0 Å². The van der Waals surface area contributed by atoms with Crippen LogP contribution in [0.2, 0.25) is 0 Å². The molecule has 1 fully saturated rings. The molecule has 3 heterocycles. The molecule has 1 saturated heterocycles. The van der Waals surface area contributed by atoms with Gasteiger partial charge in [-0.05, 0) is 24.8 Å². The zero-order chi connectivity index (χ0) is 13.4. The van der Waals surface area contributed by atoms with E-state index in [1.807, 2.05) is 16.9 Å². The topological polar surface area (TPSA) is 59.5 Å². The van der Waals surface area contributed by atoms with Gasteiger partial charge in [0.15, 0.2) is 5.82 Å². The number of nitrogens with zero attached hydrogens (tertiary/aromatic N) is 4. The summed E-state index contributed by atoms with van der Waals surface area (Å²) in [5.74, 6) is 1.44. The summed E-state index contributed by atoms with van der Waals surface area (Å²) in [5.41, 5.74) is 8.26. The first kappa shape index (κ1) is 12.4. The fraction of sp³-hybridized carbons (Fsp3) is 0.571. The average Bonchev–Trinajstić information content (AvgIpc) is 2.82. The van der Waals surface area contributed by atoms with E-state index in [2.05, 4.69) is 34.9 Å². The van der Waals surface area contributed by atoms with E-state index in [1.165, 1.54) is 0 Å². The minimum atomic E-state index is 0.253. The second-order valence-corrected chi connectivity index (χ2v) is 5.65. The number of aromatic nitrogens is 3. The van der Waals surface area contributed by atoms with Crippen LogP contribution in [-0.4, -0.2) is 33.7 Å². The van der Waals surface area contributed by atoms with Crippen molar-refractivity contribution in [3.63, 3.8) is 0 Å². The lowest BCUT2D eigenvalue weighted by Gasteiger charge is -2.31. The summed E-state index contributed by atoms with van der Waals surface area (Å²) in [4.78, 5) is 6.83. The highest BCUT2D eigenvalue weighted by atomic mass is 15.3. The van der Waals surface area contributed by atoms with Crippen molar-refractivity contribution in [1.82, 2.24) is 14.6 Å². The largest absolute Gasteiger partial charge is 0.353 e. The van der Waals surface area contributed by atoms with Gasteiger partial charge in [-0.3, -0.25) is 0 Å². The maximum absolute atomic E-state index is 6.07. The third kappa shape index (κ3) is 2.30. The van der Waals surface area contributed by atoms with E-state index in [0.717, 1.165) is 43.0 Å². The number of anilines is 1.